The molecule has 3 aromatic carbocycles. The van der Waals surface area contributed by atoms with E-state index in [1.54, 1.807) is 0 Å². The number of H-pyrrole nitrogens is 1. The van der Waals surface area contributed by atoms with E-state index in [1.165, 1.54) is 16.7 Å². The quantitative estimate of drug-likeness (QED) is 0.418. The van der Waals surface area contributed by atoms with E-state index in [4.69, 9.17) is 11.6 Å². The van der Waals surface area contributed by atoms with Gasteiger partial charge in [0.2, 0.25) is 0 Å². The van der Waals surface area contributed by atoms with E-state index in [0.29, 0.717) is 0 Å². The summed E-state index contributed by atoms with van der Waals surface area (Å²) in [7, 11) is 0. The number of benzene rings is 3. The maximum absolute atomic E-state index is 6.23. The molecule has 1 nitrogen and oxygen atoms in total. The molecule has 2 heteroatoms. The zero-order chi connectivity index (χ0) is 16.4. The highest BCUT2D eigenvalue weighted by molar-refractivity contribution is 6.31. The Labute approximate surface area is 146 Å². The summed E-state index contributed by atoms with van der Waals surface area (Å²) < 4.78 is 0. The van der Waals surface area contributed by atoms with Crippen molar-refractivity contribution in [3.05, 3.63) is 107 Å². The molecule has 1 aromatic heterocycles. The minimum Gasteiger partial charge on any atom is -0.361 e. The van der Waals surface area contributed by atoms with Crippen LogP contribution in [0.5, 0.6) is 0 Å². The number of fused-ring (bicyclic) bond motifs is 1. The first kappa shape index (κ1) is 14.8. The zero-order valence-electron chi connectivity index (χ0n) is 13.0. The molecule has 24 heavy (non-hydrogen) atoms. The molecule has 0 saturated heterocycles. The van der Waals surface area contributed by atoms with E-state index < -0.39 is 0 Å². The van der Waals surface area contributed by atoms with E-state index in [2.05, 4.69) is 65.8 Å². The second-order valence-electron chi connectivity index (χ2n) is 5.73. The molecule has 0 unspecified atom stereocenters. The Morgan fingerprint density at radius 2 is 1.54 bits per heavy atom. The van der Waals surface area contributed by atoms with Gasteiger partial charge in [-0.05, 0) is 41.0 Å². The Morgan fingerprint density at radius 3 is 2.29 bits per heavy atom. The largest absolute Gasteiger partial charge is 0.361 e. The van der Waals surface area contributed by atoms with Crippen LogP contribution in [0.3, 0.4) is 0 Å². The Hall–Kier alpha value is -2.77. The predicted octanol–water partition coefficient (Wildman–Crippen LogP) is 6.41. The van der Waals surface area contributed by atoms with Gasteiger partial charge in [0.25, 0.3) is 0 Å². The van der Waals surface area contributed by atoms with Crippen LogP contribution in [-0.2, 0) is 0 Å². The topological polar surface area (TPSA) is 15.8 Å². The lowest BCUT2D eigenvalue weighted by Crippen LogP contribution is -1.87. The fourth-order valence-corrected chi connectivity index (χ4v) is 3.14. The van der Waals surface area contributed by atoms with Crippen molar-refractivity contribution in [3.63, 3.8) is 0 Å². The summed E-state index contributed by atoms with van der Waals surface area (Å²) in [6.45, 7) is 0. The number of hydrogen-bond acceptors (Lipinski definition) is 0. The van der Waals surface area contributed by atoms with Gasteiger partial charge in [-0.3, -0.25) is 0 Å². The van der Waals surface area contributed by atoms with Gasteiger partial charge in [-0.15, -0.1) is 0 Å². The summed E-state index contributed by atoms with van der Waals surface area (Å²) in [5, 5.41) is 1.88. The van der Waals surface area contributed by atoms with Gasteiger partial charge in [-0.1, -0.05) is 72.3 Å². The standard InChI is InChI=1S/C22H16ClN/c23-18-11-12-22-20(14-18)21(15-24-22)19(17-9-5-2-6-10-17)13-16-7-3-1-4-8-16/h1-15,24H/b19-13+. The average molecular weight is 330 g/mol. The van der Waals surface area contributed by atoms with Gasteiger partial charge in [-0.25, -0.2) is 0 Å². The molecule has 0 amide bonds. The van der Waals surface area contributed by atoms with Gasteiger partial charge >= 0.3 is 0 Å². The first-order valence-corrected chi connectivity index (χ1v) is 8.28. The van der Waals surface area contributed by atoms with E-state index in [-0.39, 0.29) is 0 Å². The Bertz CT molecular complexity index is 998. The molecule has 0 saturated carbocycles. The van der Waals surface area contributed by atoms with Crippen LogP contribution in [-0.4, -0.2) is 4.98 Å². The smallest absolute Gasteiger partial charge is 0.0461 e. The van der Waals surface area contributed by atoms with Crippen molar-refractivity contribution in [1.82, 2.24) is 4.98 Å². The predicted molar refractivity (Wildman–Crippen MR) is 103 cm³/mol. The zero-order valence-corrected chi connectivity index (χ0v) is 13.8. The maximum Gasteiger partial charge on any atom is 0.0461 e. The third kappa shape index (κ3) is 2.86. The van der Waals surface area contributed by atoms with Gasteiger partial charge in [0.05, 0.1) is 0 Å². The van der Waals surface area contributed by atoms with Crippen LogP contribution < -0.4 is 0 Å². The van der Waals surface area contributed by atoms with Gasteiger partial charge in [0, 0.05) is 27.7 Å². The normalized spacial score (nSPS) is 11.8. The van der Waals surface area contributed by atoms with E-state index >= 15 is 0 Å². The van der Waals surface area contributed by atoms with Gasteiger partial charge in [0.1, 0.15) is 0 Å². The Kier molecular flexibility index (Phi) is 3.94. The lowest BCUT2D eigenvalue weighted by Gasteiger charge is -2.08. The summed E-state index contributed by atoms with van der Waals surface area (Å²) >= 11 is 6.23. The Balaban J connectivity index is 1.96. The number of aromatic nitrogens is 1. The molecule has 0 aliphatic rings. The first-order chi connectivity index (χ1) is 11.8. The summed E-state index contributed by atoms with van der Waals surface area (Å²) in [6.07, 6.45) is 4.28. The minimum absolute atomic E-state index is 0.746. The monoisotopic (exact) mass is 329 g/mol. The molecule has 0 aliphatic carbocycles. The van der Waals surface area contributed by atoms with Crippen LogP contribution in [0.4, 0.5) is 0 Å². The number of halogens is 1. The molecule has 0 atom stereocenters. The summed E-state index contributed by atoms with van der Waals surface area (Å²) in [5.41, 5.74) is 5.78. The molecule has 4 aromatic rings. The van der Waals surface area contributed by atoms with E-state index in [9.17, 15) is 0 Å². The number of hydrogen-bond donors (Lipinski definition) is 1. The molecule has 0 aliphatic heterocycles. The number of aromatic amines is 1. The van der Waals surface area contributed by atoms with Crippen LogP contribution in [0, 0.1) is 0 Å². The molecule has 116 valence electrons. The SMILES string of the molecule is Clc1ccc2[nH]cc(/C(=C/c3ccccc3)c3ccccc3)c2c1. The third-order valence-electron chi connectivity index (χ3n) is 4.13. The first-order valence-electron chi connectivity index (χ1n) is 7.90. The number of nitrogens with one attached hydrogen (secondary N) is 1. The minimum atomic E-state index is 0.746. The van der Waals surface area contributed by atoms with Crippen LogP contribution in [0.1, 0.15) is 16.7 Å². The lowest BCUT2D eigenvalue weighted by molar-refractivity contribution is 1.46. The molecule has 1 N–H and O–H groups in total. The highest BCUT2D eigenvalue weighted by Gasteiger charge is 2.11. The molecular weight excluding hydrogens is 314 g/mol. The number of rotatable bonds is 3. The van der Waals surface area contributed by atoms with Crippen molar-refractivity contribution in [2.45, 2.75) is 0 Å². The van der Waals surface area contributed by atoms with E-state index in [1.807, 2.05) is 30.3 Å². The highest BCUT2D eigenvalue weighted by Crippen LogP contribution is 2.33. The van der Waals surface area contributed by atoms with Crippen molar-refractivity contribution in [1.29, 1.82) is 0 Å². The van der Waals surface area contributed by atoms with Gasteiger partial charge < -0.3 is 4.98 Å². The second kappa shape index (κ2) is 6.38. The lowest BCUT2D eigenvalue weighted by atomic mass is 9.95. The van der Waals surface area contributed by atoms with Crippen molar-refractivity contribution in [3.8, 4) is 0 Å². The molecule has 4 rings (SSSR count). The molecule has 0 bridgehead atoms. The highest BCUT2D eigenvalue weighted by atomic mass is 35.5. The van der Waals surface area contributed by atoms with Gasteiger partial charge in [-0.2, -0.15) is 0 Å². The summed E-state index contributed by atoms with van der Waals surface area (Å²) in [5.74, 6) is 0. The van der Waals surface area contributed by atoms with Gasteiger partial charge in [0.15, 0.2) is 0 Å². The molecule has 0 radical (unpaired) electrons. The Morgan fingerprint density at radius 1 is 0.833 bits per heavy atom. The van der Waals surface area contributed by atoms with Crippen LogP contribution >= 0.6 is 11.6 Å². The molecule has 0 spiro atoms. The fourth-order valence-electron chi connectivity index (χ4n) is 2.97. The van der Waals surface area contributed by atoms with Crippen LogP contribution in [0.25, 0.3) is 22.6 Å². The third-order valence-corrected chi connectivity index (χ3v) is 4.36. The van der Waals surface area contributed by atoms with Crippen molar-refractivity contribution >= 4 is 34.2 Å². The maximum atomic E-state index is 6.23. The molecular formula is C22H16ClN. The average Bonchev–Trinajstić information content (AvgIpc) is 3.04. The van der Waals surface area contributed by atoms with Crippen molar-refractivity contribution in [2.75, 3.05) is 0 Å². The fraction of sp³-hybridized carbons (Fsp3) is 0. The van der Waals surface area contributed by atoms with Crippen molar-refractivity contribution in [2.24, 2.45) is 0 Å². The molecule has 0 fully saturated rings. The second-order valence-corrected chi connectivity index (χ2v) is 6.16. The van der Waals surface area contributed by atoms with E-state index in [0.717, 1.165) is 21.5 Å². The van der Waals surface area contributed by atoms with Crippen LogP contribution in [0.15, 0.2) is 85.1 Å². The van der Waals surface area contributed by atoms with Crippen molar-refractivity contribution < 1.29 is 0 Å². The molecule has 1 heterocycles. The van der Waals surface area contributed by atoms with Crippen LogP contribution in [0.2, 0.25) is 5.02 Å². The summed E-state index contributed by atoms with van der Waals surface area (Å²) in [6, 6.07) is 26.8. The summed E-state index contributed by atoms with van der Waals surface area (Å²) in [4.78, 5) is 3.35.